The molecule has 1 aliphatic heterocycles. The number of thioether (sulfide) groups is 1. The third kappa shape index (κ3) is 0.971. The molecule has 0 N–H and O–H groups in total. The first kappa shape index (κ1) is 6.05. The largest absolute Gasteiger partial charge is 0.0975 e. The van der Waals surface area contributed by atoms with Crippen LogP contribution in [0.4, 0.5) is 0 Å². The number of hydrogen-bond donors (Lipinski definition) is 0. The van der Waals surface area contributed by atoms with Crippen LogP contribution in [0.15, 0.2) is 34.6 Å². The number of fused-ring (bicyclic) bond motifs is 1. The fourth-order valence-electron chi connectivity index (χ4n) is 1.02. The molecule has 0 aliphatic carbocycles. The molecule has 0 saturated heterocycles. The first-order chi connectivity index (χ1) is 4.97. The molecule has 1 aliphatic rings. The van der Waals surface area contributed by atoms with E-state index in [0.717, 1.165) is 6.42 Å². The third-order valence-corrected chi connectivity index (χ3v) is 2.47. The standard InChI is InChI=1S/C9H7S/c1-2-6-9-8(4-1)5-3-7-10-9/h1-2,4,6-7H,5H2. The highest BCUT2D eigenvalue weighted by Crippen LogP contribution is 2.27. The first-order valence-electron chi connectivity index (χ1n) is 3.26. The van der Waals surface area contributed by atoms with Crippen molar-refractivity contribution < 1.29 is 0 Å². The van der Waals surface area contributed by atoms with Gasteiger partial charge in [-0.25, -0.2) is 0 Å². The quantitative estimate of drug-likeness (QED) is 0.543. The molecule has 0 bridgehead atoms. The van der Waals surface area contributed by atoms with Gasteiger partial charge in [0.15, 0.2) is 0 Å². The molecule has 0 spiro atoms. The Bertz CT molecular complexity index is 236. The second-order valence-electron chi connectivity index (χ2n) is 2.22. The van der Waals surface area contributed by atoms with Crippen molar-refractivity contribution in [2.45, 2.75) is 11.3 Å². The van der Waals surface area contributed by atoms with Crippen LogP contribution in [0.1, 0.15) is 5.56 Å². The van der Waals surface area contributed by atoms with E-state index in [0.29, 0.717) is 0 Å². The average Bonchev–Trinajstić information content (AvgIpc) is 2.05. The van der Waals surface area contributed by atoms with Crippen LogP contribution in [0.5, 0.6) is 0 Å². The Labute approximate surface area is 65.0 Å². The van der Waals surface area contributed by atoms with Gasteiger partial charge in [0.2, 0.25) is 0 Å². The number of hydrogen-bond acceptors (Lipinski definition) is 1. The van der Waals surface area contributed by atoms with Crippen LogP contribution >= 0.6 is 11.8 Å². The molecule has 1 aromatic rings. The Hall–Kier alpha value is -0.690. The zero-order valence-corrected chi connectivity index (χ0v) is 6.32. The molecule has 10 heavy (non-hydrogen) atoms. The summed E-state index contributed by atoms with van der Waals surface area (Å²) in [5.74, 6) is 0. The summed E-state index contributed by atoms with van der Waals surface area (Å²) in [7, 11) is 0. The molecule has 0 nitrogen and oxygen atoms in total. The maximum Gasteiger partial charge on any atom is 0.0151 e. The van der Waals surface area contributed by atoms with Crippen molar-refractivity contribution in [3.8, 4) is 0 Å². The minimum absolute atomic E-state index is 0.975. The Balaban J connectivity index is 2.47. The molecule has 1 aromatic carbocycles. The van der Waals surface area contributed by atoms with Crippen molar-refractivity contribution in [3.05, 3.63) is 41.3 Å². The monoisotopic (exact) mass is 147 g/mol. The molecular weight excluding hydrogens is 140 g/mol. The molecule has 1 heteroatoms. The molecule has 0 unspecified atom stereocenters. The zero-order valence-electron chi connectivity index (χ0n) is 5.50. The Morgan fingerprint density at radius 2 is 2.20 bits per heavy atom. The van der Waals surface area contributed by atoms with E-state index >= 15 is 0 Å². The average molecular weight is 147 g/mol. The summed E-state index contributed by atoms with van der Waals surface area (Å²) in [6.45, 7) is 0. The smallest absolute Gasteiger partial charge is 0.0151 e. The molecule has 1 radical (unpaired) electrons. The molecular formula is C9H7S. The van der Waals surface area contributed by atoms with Crippen LogP contribution in [-0.4, -0.2) is 0 Å². The molecule has 0 fully saturated rings. The van der Waals surface area contributed by atoms with E-state index in [9.17, 15) is 0 Å². The second kappa shape index (κ2) is 2.51. The number of benzene rings is 1. The highest BCUT2D eigenvalue weighted by Gasteiger charge is 2.02. The van der Waals surface area contributed by atoms with Gasteiger partial charge in [0.1, 0.15) is 0 Å². The summed E-state index contributed by atoms with van der Waals surface area (Å²) in [6, 6.07) is 8.46. The van der Waals surface area contributed by atoms with Gasteiger partial charge in [-0.1, -0.05) is 30.0 Å². The topological polar surface area (TPSA) is 0 Å². The van der Waals surface area contributed by atoms with Crippen LogP contribution in [0.3, 0.4) is 0 Å². The van der Waals surface area contributed by atoms with Crippen molar-refractivity contribution in [2.75, 3.05) is 0 Å². The van der Waals surface area contributed by atoms with Gasteiger partial charge in [-0.3, -0.25) is 0 Å². The van der Waals surface area contributed by atoms with E-state index < -0.39 is 0 Å². The minimum atomic E-state index is 0.975. The van der Waals surface area contributed by atoms with Crippen LogP contribution in [0.25, 0.3) is 0 Å². The van der Waals surface area contributed by atoms with Gasteiger partial charge in [-0.15, -0.1) is 0 Å². The fraction of sp³-hybridized carbons (Fsp3) is 0.111. The maximum absolute atomic E-state index is 3.18. The lowest BCUT2D eigenvalue weighted by molar-refractivity contribution is 1.15. The van der Waals surface area contributed by atoms with E-state index in [1.54, 1.807) is 11.8 Å². The van der Waals surface area contributed by atoms with Crippen molar-refractivity contribution in [1.82, 2.24) is 0 Å². The van der Waals surface area contributed by atoms with E-state index in [1.807, 2.05) is 5.41 Å². The lowest BCUT2D eigenvalue weighted by Crippen LogP contribution is -1.87. The van der Waals surface area contributed by atoms with Gasteiger partial charge in [-0.2, -0.15) is 0 Å². The normalized spacial score (nSPS) is 14.8. The molecule has 1 heterocycles. The summed E-state index contributed by atoms with van der Waals surface area (Å²) in [4.78, 5) is 1.38. The van der Waals surface area contributed by atoms with Gasteiger partial charge in [0.25, 0.3) is 0 Å². The summed E-state index contributed by atoms with van der Waals surface area (Å²) in [5, 5.41) is 2.03. The molecule has 0 atom stereocenters. The molecule has 2 rings (SSSR count). The first-order valence-corrected chi connectivity index (χ1v) is 4.14. The number of rotatable bonds is 0. The molecule has 0 aromatic heterocycles. The number of allylic oxidation sites excluding steroid dienone is 1. The van der Waals surface area contributed by atoms with Crippen LogP contribution in [-0.2, 0) is 6.42 Å². The highest BCUT2D eigenvalue weighted by atomic mass is 32.2. The van der Waals surface area contributed by atoms with Gasteiger partial charge in [-0.05, 0) is 29.5 Å². The molecule has 0 amide bonds. The van der Waals surface area contributed by atoms with Gasteiger partial charge >= 0.3 is 0 Å². The third-order valence-electron chi connectivity index (χ3n) is 1.53. The molecule has 0 saturated carbocycles. The Morgan fingerprint density at radius 3 is 3.10 bits per heavy atom. The van der Waals surface area contributed by atoms with Gasteiger partial charge in [0.05, 0.1) is 0 Å². The van der Waals surface area contributed by atoms with Crippen molar-refractivity contribution in [1.29, 1.82) is 0 Å². The lowest BCUT2D eigenvalue weighted by Gasteiger charge is -2.07. The fourth-order valence-corrected chi connectivity index (χ4v) is 1.76. The van der Waals surface area contributed by atoms with Crippen molar-refractivity contribution >= 4 is 11.8 Å². The summed E-state index contributed by atoms with van der Waals surface area (Å²) in [6.07, 6.45) is 4.15. The van der Waals surface area contributed by atoms with Crippen LogP contribution < -0.4 is 0 Å². The minimum Gasteiger partial charge on any atom is -0.0975 e. The van der Waals surface area contributed by atoms with Gasteiger partial charge in [0, 0.05) is 4.90 Å². The SMILES string of the molecule is [C]1=CSc2ccccc2C1. The van der Waals surface area contributed by atoms with E-state index in [2.05, 4.69) is 30.3 Å². The van der Waals surface area contributed by atoms with E-state index in [1.165, 1.54) is 10.5 Å². The Morgan fingerprint density at radius 1 is 1.30 bits per heavy atom. The zero-order chi connectivity index (χ0) is 6.81. The predicted molar refractivity (Wildman–Crippen MR) is 43.8 cm³/mol. The predicted octanol–water partition coefficient (Wildman–Crippen LogP) is 2.65. The summed E-state index contributed by atoms with van der Waals surface area (Å²) < 4.78 is 0. The maximum atomic E-state index is 3.18. The van der Waals surface area contributed by atoms with Crippen molar-refractivity contribution in [2.24, 2.45) is 0 Å². The second-order valence-corrected chi connectivity index (χ2v) is 3.14. The summed E-state index contributed by atoms with van der Waals surface area (Å²) in [5.41, 5.74) is 1.40. The molecule has 49 valence electrons. The van der Waals surface area contributed by atoms with Gasteiger partial charge < -0.3 is 0 Å². The van der Waals surface area contributed by atoms with Crippen molar-refractivity contribution in [3.63, 3.8) is 0 Å². The van der Waals surface area contributed by atoms with E-state index in [4.69, 9.17) is 0 Å². The lowest BCUT2D eigenvalue weighted by atomic mass is 10.1. The van der Waals surface area contributed by atoms with Crippen LogP contribution in [0, 0.1) is 6.08 Å². The van der Waals surface area contributed by atoms with Crippen LogP contribution in [0.2, 0.25) is 0 Å². The van der Waals surface area contributed by atoms with E-state index in [-0.39, 0.29) is 0 Å². The highest BCUT2D eigenvalue weighted by molar-refractivity contribution is 8.02. The Kier molecular flexibility index (Phi) is 1.52. The summed E-state index contributed by atoms with van der Waals surface area (Å²) >= 11 is 1.75.